The Bertz CT molecular complexity index is 1450. The van der Waals surface area contributed by atoms with Crippen molar-refractivity contribution in [2.45, 2.75) is 47.0 Å². The van der Waals surface area contributed by atoms with Crippen molar-refractivity contribution in [1.82, 2.24) is 0 Å². The second-order valence-electron chi connectivity index (χ2n) is 4.88. The smallest absolute Gasteiger partial charge is 0.119 e. The number of benzene rings is 2. The quantitative estimate of drug-likeness (QED) is 0.524. The molecule has 2 heterocycles. The summed E-state index contributed by atoms with van der Waals surface area (Å²) in [6.07, 6.45) is -4.88. The minimum absolute atomic E-state index is 0. The van der Waals surface area contributed by atoms with Gasteiger partial charge in [0.15, 0.2) is 0 Å². The lowest BCUT2D eigenvalue weighted by molar-refractivity contribution is 0.263. The van der Waals surface area contributed by atoms with Gasteiger partial charge >= 0.3 is 0 Å². The molecule has 2 aliphatic heterocycles. The molecule has 4 rings (SSSR count). The van der Waals surface area contributed by atoms with Crippen LogP contribution in [0.2, 0.25) is 0 Å². The predicted molar refractivity (Wildman–Crippen MR) is 116 cm³/mol. The van der Waals surface area contributed by atoms with E-state index in [1.54, 1.807) is 0 Å². The van der Waals surface area contributed by atoms with Crippen molar-refractivity contribution in [2.24, 2.45) is 0 Å². The molecule has 0 spiro atoms. The summed E-state index contributed by atoms with van der Waals surface area (Å²) in [5, 5.41) is 9.22. The van der Waals surface area contributed by atoms with E-state index in [0.29, 0.717) is 0 Å². The van der Waals surface area contributed by atoms with Crippen LogP contribution in [0, 0.1) is 27.4 Å². The second-order valence-corrected chi connectivity index (χ2v) is 5.07. The summed E-state index contributed by atoms with van der Waals surface area (Å²) in [5.41, 5.74) is -1.09. The standard InChI is InChI=1S/C11H14O2.C8H10O.C3H5ClO.CH4/c1-8-3-9(2)5-10(4-8)12-6-11-7-13-11;1-6-3-7(2)5-8(9)4-6;4-1-3-2-5-3;/h3-5,11H,6-7H2,1-2H3;3-5,9H,1-2H3;3H,1-2H2;1H4/i1D3,2D3,6D2,7D2,11D;1D3,2D3;1D2,2D2,3D;. The third-order valence-electron chi connectivity index (χ3n) is 2.58. The fourth-order valence-electron chi connectivity index (χ4n) is 1.51. The van der Waals surface area contributed by atoms with Crippen molar-refractivity contribution >= 4 is 11.6 Å². The average Bonchev–Trinajstić information content (AvgIpc) is 3.61. The first-order valence-corrected chi connectivity index (χ1v) is 7.48. The van der Waals surface area contributed by atoms with E-state index in [9.17, 15) is 5.11 Å². The molecule has 156 valence electrons. The number of epoxide rings is 2. The van der Waals surface area contributed by atoms with Gasteiger partial charge in [-0.2, -0.15) is 0 Å². The summed E-state index contributed by atoms with van der Waals surface area (Å²) in [5.74, 6) is -3.27. The number of halogens is 1. The minimum Gasteiger partial charge on any atom is -0.508 e. The molecular weight excluding hydrogens is 376 g/mol. The van der Waals surface area contributed by atoms with Crippen molar-refractivity contribution in [3.05, 3.63) is 58.7 Å². The number of hydrogen-bond acceptors (Lipinski definition) is 4. The first kappa shape index (κ1) is 7.19. The van der Waals surface area contributed by atoms with E-state index in [-0.39, 0.29) is 35.4 Å². The van der Waals surface area contributed by atoms with Gasteiger partial charge in [0.05, 0.1) is 36.0 Å². The number of aromatic hydroxyl groups is 1. The molecule has 0 amide bonds. The van der Waals surface area contributed by atoms with Crippen LogP contribution in [0.25, 0.3) is 0 Å². The van der Waals surface area contributed by atoms with Crippen molar-refractivity contribution in [3.63, 3.8) is 0 Å². The molecule has 0 radical (unpaired) electrons. The first-order valence-electron chi connectivity index (χ1n) is 18.1. The van der Waals surface area contributed by atoms with Crippen LogP contribution in [0.5, 0.6) is 11.5 Å². The highest BCUT2D eigenvalue weighted by atomic mass is 35.5. The topological polar surface area (TPSA) is 54.5 Å². The molecule has 2 unspecified atom stereocenters. The van der Waals surface area contributed by atoms with Crippen molar-refractivity contribution in [2.75, 3.05) is 25.5 Å². The highest BCUT2D eigenvalue weighted by Gasteiger charge is 2.23. The molecule has 0 aliphatic carbocycles. The molecule has 5 heteroatoms. The maximum Gasteiger partial charge on any atom is 0.119 e. The summed E-state index contributed by atoms with van der Waals surface area (Å²) in [6.45, 7) is -18.0. The highest BCUT2D eigenvalue weighted by Crippen LogP contribution is 2.18. The number of phenolic OH excluding ortho intramolecular Hbond substituents is 1. The van der Waals surface area contributed by atoms with E-state index in [1.807, 2.05) is 0 Å². The van der Waals surface area contributed by atoms with Crippen LogP contribution in [0.3, 0.4) is 0 Å². The van der Waals surface area contributed by atoms with Crippen LogP contribution in [-0.4, -0.2) is 42.8 Å². The third kappa shape index (κ3) is 10.5. The maximum atomic E-state index is 9.22. The van der Waals surface area contributed by atoms with Crippen molar-refractivity contribution in [1.29, 1.82) is 0 Å². The lowest BCUT2D eigenvalue weighted by Gasteiger charge is -2.06. The van der Waals surface area contributed by atoms with Gasteiger partial charge < -0.3 is 19.3 Å². The molecule has 0 saturated carbocycles. The number of rotatable bonds is 4. The summed E-state index contributed by atoms with van der Waals surface area (Å²) in [7, 11) is 0. The van der Waals surface area contributed by atoms with Crippen molar-refractivity contribution in [3.8, 4) is 11.5 Å². The molecule has 2 saturated heterocycles. The van der Waals surface area contributed by atoms with E-state index >= 15 is 0 Å². The lowest BCUT2D eigenvalue weighted by atomic mass is 10.1. The van der Waals surface area contributed by atoms with Crippen LogP contribution in [0.15, 0.2) is 36.4 Å². The van der Waals surface area contributed by atoms with E-state index in [0.717, 1.165) is 36.4 Å². The number of phenols is 1. The second kappa shape index (κ2) is 11.9. The number of alkyl halides is 1. The Morgan fingerprint density at radius 3 is 1.86 bits per heavy atom. The zero-order chi connectivity index (χ0) is 38.8. The molecule has 28 heavy (non-hydrogen) atoms. The van der Waals surface area contributed by atoms with E-state index in [2.05, 4.69) is 9.47 Å². The first-order chi connectivity index (χ1) is 21.3. The Kier molecular flexibility index (Phi) is 3.07. The Morgan fingerprint density at radius 1 is 1.04 bits per heavy atom. The molecular formula is C23H33ClO4. The fraction of sp³-hybridized carbons (Fsp3) is 0.478. The average molecular weight is 431 g/mol. The molecule has 1 N–H and O–H groups in total. The van der Waals surface area contributed by atoms with Gasteiger partial charge in [-0.1, -0.05) is 19.6 Å². The molecule has 4 nitrogen and oxygen atoms in total. The number of hydrogen-bond donors (Lipinski definition) is 1. The molecule has 2 atom stereocenters. The van der Waals surface area contributed by atoms with E-state index in [4.69, 9.17) is 46.5 Å². The summed E-state index contributed by atoms with van der Waals surface area (Å²) in [6, 6.07) is 5.97. The summed E-state index contributed by atoms with van der Waals surface area (Å²) in [4.78, 5) is 0. The Labute approximate surface area is 205 Å². The van der Waals surface area contributed by atoms with Crippen LogP contribution in [-0.2, 0) is 9.47 Å². The fourth-order valence-corrected chi connectivity index (χ4v) is 1.58. The number of aryl methyl sites for hydroxylation is 4. The normalized spacial score (nSPS) is 41.8. The Morgan fingerprint density at radius 2 is 1.50 bits per heavy atom. The zero-order valence-corrected chi connectivity index (χ0v) is 14.3. The number of ether oxygens (including phenoxy) is 3. The third-order valence-corrected chi connectivity index (χ3v) is 2.75. The molecule has 0 bridgehead atoms. The van der Waals surface area contributed by atoms with Gasteiger partial charge in [0, 0.05) is 19.2 Å². The molecule has 0 aromatic heterocycles. The molecule has 2 aromatic carbocycles. The molecule has 2 aliphatic rings. The van der Waals surface area contributed by atoms with Gasteiger partial charge in [0.2, 0.25) is 0 Å². The molecule has 2 fully saturated rings. The molecule has 2 aromatic rings. The lowest BCUT2D eigenvalue weighted by Crippen LogP contribution is -2.04. The largest absolute Gasteiger partial charge is 0.508 e. The predicted octanol–water partition coefficient (Wildman–Crippen LogP) is 5.35. The minimum atomic E-state index is -2.98. The van der Waals surface area contributed by atoms with Gasteiger partial charge in [0.25, 0.3) is 0 Å². The van der Waals surface area contributed by atoms with Crippen LogP contribution in [0.1, 0.15) is 59.8 Å². The van der Waals surface area contributed by atoms with Gasteiger partial charge in [0.1, 0.15) is 24.1 Å². The van der Waals surface area contributed by atoms with E-state index in [1.165, 1.54) is 0 Å². The van der Waals surface area contributed by atoms with Crippen molar-refractivity contribution < 1.29 is 49.5 Å². The van der Waals surface area contributed by atoms with Gasteiger partial charge in [-0.3, -0.25) is 0 Å². The van der Waals surface area contributed by atoms with Gasteiger partial charge in [-0.25, -0.2) is 0 Å². The zero-order valence-electron chi connectivity index (χ0n) is 35.5. The van der Waals surface area contributed by atoms with Crippen LogP contribution < -0.4 is 4.74 Å². The maximum absolute atomic E-state index is 9.22. The Hall–Kier alpha value is -1.75. The van der Waals surface area contributed by atoms with Crippen LogP contribution in [0.4, 0.5) is 0 Å². The van der Waals surface area contributed by atoms with E-state index < -0.39 is 70.8 Å². The van der Waals surface area contributed by atoms with Gasteiger partial charge in [-0.05, 0) is 73.9 Å². The monoisotopic (exact) mass is 430 g/mol. The Balaban J connectivity index is 0.000000410. The van der Waals surface area contributed by atoms with Crippen LogP contribution >= 0.6 is 11.6 Å². The van der Waals surface area contributed by atoms with Gasteiger partial charge in [-0.15, -0.1) is 11.6 Å². The SMILES string of the molecule is C.[2H]C([2H])(Cl)C1([2H])OC1([2H])[2H].[2H]C([2H])([2H])c1cc(O)cc(C([2H])([2H])[2H])c1.[2H]C([2H])([2H])c1cc(OC([2H])([2H])C2([2H])OC2([2H])[2H])cc(C([2H])([2H])[2H])c1. The highest BCUT2D eigenvalue weighted by molar-refractivity contribution is 6.18. The summed E-state index contributed by atoms with van der Waals surface area (Å²) < 4.78 is 172. The summed E-state index contributed by atoms with van der Waals surface area (Å²) >= 11 is 5.04.